The number of nitrogens with zero attached hydrogens (tertiary/aromatic N) is 3. The number of fused-ring (bicyclic) bond motifs is 2. The third-order valence-corrected chi connectivity index (χ3v) is 24.5. The molecule has 0 unspecified atom stereocenters. The molecule has 19 amide bonds. The standard InChI is InChI=1S/C94H136N24O24/c1-12-49(8)74-90(139)113-73(48(6)7)89(138)115-75(51(10)119)91(140)102-50(9)77(126)103-58(26-19-35-100-94(97)98)79(128)116-76(52(11)120)93(142)118-37-21-27-66(118)85(134)104-59(33-34-70(124)125)78(127)110-65(43-69(96)123)92(141)117-36-20-28-67(117)86(135)111-72(47(4)5)88(137)112-71(46(2)3)87(136)109-63(41-56-44-99-45-101-56)83(132)107-61(39-54-24-17-14-18-25-54)81(130)105-60(38-53-22-15-13-16-23-53)80(129)106-62(40-55-29-31-57(121)32-30-55)82(131)108-64(42-68(95)122)84(133)114-74/h13-18,22-25,29-32,44-52,58-67,71-76,119-121H,12,19-21,26-28,33-43H2,1-11H3,(H2,95,122)(H2,96,123)(H,99,101)(H,102,140)(H,103,126)(H,104,134)(H,105,130)(H,106,129)(H,107,132)(H,108,131)(H,109,136)(H,110,127)(H,111,135)(H,112,137)(H,113,139)(H,114,133)(H,115,138)(H,116,128)(H,124,125)(H4,97,98,100)/t49-,50-,51+,52+,58-,59-,60-,61-,62-,63-,64-,65-,66-,67-,71-,72-,73-,74-,75-,76-/m0/s1. The molecule has 7 rings (SSSR count). The minimum absolute atomic E-state index is 0.0390. The maximum atomic E-state index is 15.4. The normalized spacial score (nSPS) is 26.0. The number of aliphatic hydroxyl groups is 2. The number of carbonyl (C=O) groups is 20. The molecule has 0 bridgehead atoms. The zero-order valence-corrected chi connectivity index (χ0v) is 81.3. The van der Waals surface area contributed by atoms with E-state index in [4.69, 9.17) is 22.6 Å². The number of aromatic nitrogens is 2. The zero-order chi connectivity index (χ0) is 105. The Balaban J connectivity index is 1.30. The number of H-pyrrole nitrogens is 1. The van der Waals surface area contributed by atoms with Crippen molar-refractivity contribution in [2.75, 3.05) is 19.6 Å². The Morgan fingerprint density at radius 2 is 0.782 bits per heavy atom. The first-order valence-corrected chi connectivity index (χ1v) is 47.3. The Kier molecular flexibility index (Phi) is 44.0. The number of aromatic hydroxyl groups is 1. The van der Waals surface area contributed by atoms with Gasteiger partial charge in [0.15, 0.2) is 5.96 Å². The number of rotatable bonds is 26. The second-order valence-corrected chi connectivity index (χ2v) is 36.9. The summed E-state index contributed by atoms with van der Waals surface area (Å²) in [4.78, 5) is 299. The molecule has 776 valence electrons. The number of phenols is 1. The summed E-state index contributed by atoms with van der Waals surface area (Å²) in [5, 5.41) is 91.2. The van der Waals surface area contributed by atoms with Gasteiger partial charge in [0, 0.05) is 57.9 Å². The Bertz CT molecular complexity index is 5110. The molecule has 3 aliphatic rings. The fourth-order valence-corrected chi connectivity index (χ4v) is 16.3. The lowest BCUT2D eigenvalue weighted by Gasteiger charge is -2.32. The summed E-state index contributed by atoms with van der Waals surface area (Å²) in [6.07, 6.45) is -5.73. The molecule has 3 fully saturated rings. The third kappa shape index (κ3) is 34.6. The van der Waals surface area contributed by atoms with Crippen LogP contribution in [0.2, 0.25) is 0 Å². The van der Waals surface area contributed by atoms with Crippen molar-refractivity contribution < 1.29 is 116 Å². The van der Waals surface area contributed by atoms with Gasteiger partial charge in [0.1, 0.15) is 108 Å². The Morgan fingerprint density at radius 3 is 1.23 bits per heavy atom. The number of hydrogen-bond acceptors (Lipinski definition) is 25. The number of nitrogens with one attached hydrogen (secondary N) is 18. The molecule has 0 radical (unpaired) electrons. The van der Waals surface area contributed by atoms with Crippen LogP contribution in [-0.4, -0.2) is 299 Å². The van der Waals surface area contributed by atoms with E-state index in [1.54, 1.807) is 102 Å². The molecule has 4 aromatic rings. The number of nitrogens with two attached hydrogens (primary N) is 3. The van der Waals surface area contributed by atoms with Crippen LogP contribution in [0.5, 0.6) is 5.75 Å². The highest BCUT2D eigenvalue weighted by Crippen LogP contribution is 2.25. The van der Waals surface area contributed by atoms with Crippen LogP contribution in [0, 0.1) is 29.1 Å². The quantitative estimate of drug-likeness (QED) is 0.0158. The smallest absolute Gasteiger partial charge is 0.303 e. The second-order valence-electron chi connectivity index (χ2n) is 36.9. The molecule has 3 aliphatic heterocycles. The number of aliphatic hydroxyl groups excluding tert-OH is 2. The fourth-order valence-electron chi connectivity index (χ4n) is 16.3. The Morgan fingerprint density at radius 1 is 0.423 bits per heavy atom. The topological polar surface area (TPSA) is 752 Å². The van der Waals surface area contributed by atoms with Gasteiger partial charge in [-0.1, -0.05) is 135 Å². The number of hydrogen-bond donors (Lipinski definition) is 25. The lowest BCUT2D eigenvalue weighted by Crippen LogP contribution is -2.63. The summed E-state index contributed by atoms with van der Waals surface area (Å²) in [7, 11) is 0. The minimum Gasteiger partial charge on any atom is -0.508 e. The van der Waals surface area contributed by atoms with Gasteiger partial charge < -0.3 is 137 Å². The van der Waals surface area contributed by atoms with Crippen LogP contribution < -0.4 is 102 Å². The van der Waals surface area contributed by atoms with Crippen molar-refractivity contribution in [3.63, 3.8) is 0 Å². The average molecular weight is 1990 g/mol. The second kappa shape index (κ2) is 54.7. The maximum Gasteiger partial charge on any atom is 0.303 e. The highest BCUT2D eigenvalue weighted by atomic mass is 16.4. The number of phenolic OH excluding ortho intramolecular Hbond substituents is 1. The van der Waals surface area contributed by atoms with Crippen LogP contribution >= 0.6 is 0 Å². The van der Waals surface area contributed by atoms with Crippen molar-refractivity contribution in [3.8, 4) is 5.75 Å². The number of amides is 19. The molecule has 48 nitrogen and oxygen atoms in total. The average Bonchev–Trinajstić information content (AvgIpc) is 1.02. The fraction of sp³-hybridized carbons (Fsp3) is 0.553. The van der Waals surface area contributed by atoms with Crippen LogP contribution in [-0.2, 0) is 122 Å². The maximum absolute atomic E-state index is 15.4. The number of aromatic amines is 1. The lowest BCUT2D eigenvalue weighted by molar-refractivity contribution is -0.145. The minimum atomic E-state index is -1.95. The summed E-state index contributed by atoms with van der Waals surface area (Å²) in [6.45, 7) is 15.3. The van der Waals surface area contributed by atoms with Gasteiger partial charge in [-0.2, -0.15) is 0 Å². The third-order valence-electron chi connectivity index (χ3n) is 24.5. The highest BCUT2D eigenvalue weighted by molar-refractivity contribution is 6.03. The molecule has 28 N–H and O–H groups in total. The summed E-state index contributed by atoms with van der Waals surface area (Å²) >= 11 is 0. The number of carboxylic acid groups (broad SMARTS) is 1. The zero-order valence-electron chi connectivity index (χ0n) is 81.3. The van der Waals surface area contributed by atoms with Gasteiger partial charge in [0.05, 0.1) is 37.1 Å². The van der Waals surface area contributed by atoms with Gasteiger partial charge in [0.25, 0.3) is 0 Å². The van der Waals surface area contributed by atoms with E-state index in [1.807, 2.05) is 0 Å². The number of benzene rings is 3. The van der Waals surface area contributed by atoms with Crippen LogP contribution in [0.1, 0.15) is 169 Å². The molecule has 20 atom stereocenters. The summed E-state index contributed by atoms with van der Waals surface area (Å²) in [6, 6.07) is -6.82. The first-order chi connectivity index (χ1) is 67.0. The van der Waals surface area contributed by atoms with Gasteiger partial charge in [-0.15, -0.1) is 0 Å². The Hall–Kier alpha value is -14.7. The monoisotopic (exact) mass is 1990 g/mol. The molecule has 48 heteroatoms. The van der Waals surface area contributed by atoms with Crippen LogP contribution in [0.15, 0.2) is 97.5 Å². The first kappa shape index (κ1) is 114. The van der Waals surface area contributed by atoms with Crippen molar-refractivity contribution in [2.24, 2.45) is 40.9 Å². The van der Waals surface area contributed by atoms with Crippen molar-refractivity contribution in [1.82, 2.24) is 105 Å². The largest absolute Gasteiger partial charge is 0.508 e. The molecule has 3 saturated heterocycles. The SMILES string of the molecule is CC[C@H](C)[C@@H]1NC(=O)[C@H](CC(N)=O)NC(=O)[C@H](Cc2ccc(O)cc2)NC(=O)[C@H](Cc2ccccc2)NC(=O)[C@H](Cc2ccccc2)NC(=O)[C@H](Cc2c[nH]cn2)NC(=O)[C@H](C(C)C)NC(=O)[C@H](C(C)C)NC(=O)[C@@H]2CCCN2C(=O)[C@H](CC(N)=O)NC(=O)[C@H](CCC(=O)O)NC(=O)[C@@H]2CCCN2C(=O)[C@H]([C@@H](C)O)NC(=O)[C@H](CCCNC(=N)N)NC(=O)[C@H](C)NC(=O)[C@H]([C@@H](C)O)NC(=O)[C@H](C(C)C)NC1=O. The number of primary amides is 2. The number of carbonyl (C=O) groups excluding carboxylic acids is 19. The van der Waals surface area contributed by atoms with Crippen molar-refractivity contribution in [2.45, 2.75) is 287 Å². The molecule has 3 aromatic carbocycles. The Labute approximate surface area is 820 Å². The first-order valence-electron chi connectivity index (χ1n) is 47.3. The van der Waals surface area contributed by atoms with E-state index in [2.05, 4.69) is 95.0 Å². The van der Waals surface area contributed by atoms with E-state index in [1.165, 1.54) is 50.6 Å². The number of carboxylic acids is 1. The molecular formula is C94H136N24O24. The van der Waals surface area contributed by atoms with E-state index in [0.29, 0.717) is 16.7 Å². The van der Waals surface area contributed by atoms with Gasteiger partial charge in [-0.3, -0.25) is 101 Å². The molecule has 4 heterocycles. The van der Waals surface area contributed by atoms with E-state index in [0.717, 1.165) is 30.6 Å². The van der Waals surface area contributed by atoms with Crippen LogP contribution in [0.25, 0.3) is 0 Å². The van der Waals surface area contributed by atoms with E-state index in [-0.39, 0.29) is 95.3 Å². The summed E-state index contributed by atoms with van der Waals surface area (Å²) in [5.41, 5.74) is 18.4. The predicted molar refractivity (Wildman–Crippen MR) is 509 cm³/mol. The van der Waals surface area contributed by atoms with Gasteiger partial charge in [0.2, 0.25) is 112 Å². The van der Waals surface area contributed by atoms with Crippen molar-refractivity contribution in [3.05, 3.63) is 120 Å². The van der Waals surface area contributed by atoms with Crippen LogP contribution in [0.4, 0.5) is 0 Å². The molecular weight excluding hydrogens is 1850 g/mol. The van der Waals surface area contributed by atoms with E-state index >= 15 is 24.0 Å². The molecule has 0 spiro atoms. The van der Waals surface area contributed by atoms with Crippen molar-refractivity contribution >= 4 is 124 Å². The van der Waals surface area contributed by atoms with Crippen LogP contribution in [0.3, 0.4) is 0 Å². The van der Waals surface area contributed by atoms with E-state index in [9.17, 15) is 92.3 Å². The molecule has 0 aliphatic carbocycles. The van der Waals surface area contributed by atoms with Gasteiger partial charge in [-0.05, 0) is 118 Å². The van der Waals surface area contributed by atoms with Crippen molar-refractivity contribution in [1.29, 1.82) is 5.41 Å². The van der Waals surface area contributed by atoms with Gasteiger partial charge >= 0.3 is 5.97 Å². The molecule has 1 aromatic heterocycles. The lowest BCUT2D eigenvalue weighted by atomic mass is 9.95. The molecule has 0 saturated carbocycles. The summed E-state index contributed by atoms with van der Waals surface area (Å²) in [5.74, 6) is -26.0. The molecule has 142 heavy (non-hydrogen) atoms. The van der Waals surface area contributed by atoms with Gasteiger partial charge in [-0.25, -0.2) is 4.98 Å². The number of aliphatic carboxylic acids is 1. The summed E-state index contributed by atoms with van der Waals surface area (Å²) < 4.78 is 0. The van der Waals surface area contributed by atoms with E-state index < -0.39 is 295 Å². The predicted octanol–water partition coefficient (Wildman–Crippen LogP) is -5.67. The highest BCUT2D eigenvalue weighted by Gasteiger charge is 2.47. The number of imidazole rings is 1. The number of guanidine groups is 1.